The maximum Gasteiger partial charge on any atom is 0.322 e. The first-order valence-corrected chi connectivity index (χ1v) is 7.97. The van der Waals surface area contributed by atoms with Gasteiger partial charge in [0.05, 0.1) is 0 Å². The van der Waals surface area contributed by atoms with Crippen LogP contribution in [-0.2, 0) is 0 Å². The second-order valence-corrected chi connectivity index (χ2v) is 6.54. The molecule has 0 bridgehead atoms. The highest BCUT2D eigenvalue weighted by molar-refractivity contribution is 5.96. The molecule has 2 saturated carbocycles. The predicted molar refractivity (Wildman–Crippen MR) is 85.8 cm³/mol. The zero-order chi connectivity index (χ0) is 15.9. The number of urea groups is 1. The number of nitrogens with two attached hydrogens (primary N) is 1. The molecule has 0 aromatic heterocycles. The van der Waals surface area contributed by atoms with Gasteiger partial charge in [0.25, 0.3) is 0 Å². The molecular formula is C17H23N3O2. The maximum atomic E-state index is 12.6. The molecule has 0 radical (unpaired) electrons. The zero-order valence-corrected chi connectivity index (χ0v) is 13.1. The lowest BCUT2D eigenvalue weighted by Gasteiger charge is -2.29. The molecule has 0 spiro atoms. The molecule has 3 amide bonds. The second kappa shape index (κ2) is 5.63. The number of aryl methyl sites for hydroxylation is 1. The molecule has 3 N–H and O–H groups in total. The third kappa shape index (κ3) is 3.08. The Bertz CT molecular complexity index is 606. The van der Waals surface area contributed by atoms with Crippen molar-refractivity contribution in [3.05, 3.63) is 29.3 Å². The molecule has 3 rings (SSSR count). The van der Waals surface area contributed by atoms with Gasteiger partial charge in [0.1, 0.15) is 0 Å². The molecular weight excluding hydrogens is 278 g/mol. The van der Waals surface area contributed by atoms with Crippen molar-refractivity contribution in [2.75, 3.05) is 5.32 Å². The highest BCUT2D eigenvalue weighted by atomic mass is 16.2. The fraction of sp³-hybridized carbons (Fsp3) is 0.529. The van der Waals surface area contributed by atoms with E-state index in [1.807, 2.05) is 11.8 Å². The van der Waals surface area contributed by atoms with E-state index in [1.165, 1.54) is 12.8 Å². The first kappa shape index (κ1) is 14.9. The Hall–Kier alpha value is -2.04. The number of rotatable bonds is 5. The van der Waals surface area contributed by atoms with Gasteiger partial charge in [-0.05, 0) is 69.2 Å². The number of nitrogens with zero attached hydrogens (tertiary/aromatic N) is 1. The van der Waals surface area contributed by atoms with E-state index in [0.29, 0.717) is 29.3 Å². The van der Waals surface area contributed by atoms with E-state index in [-0.39, 0.29) is 6.03 Å². The number of nitrogens with one attached hydrogen (secondary N) is 1. The van der Waals surface area contributed by atoms with E-state index in [4.69, 9.17) is 5.73 Å². The van der Waals surface area contributed by atoms with Crippen molar-refractivity contribution in [3.8, 4) is 0 Å². The largest absolute Gasteiger partial charge is 0.366 e. The molecule has 1 aromatic carbocycles. The predicted octanol–water partition coefficient (Wildman–Crippen LogP) is 2.89. The third-order valence-corrected chi connectivity index (χ3v) is 4.66. The fourth-order valence-electron chi connectivity index (χ4n) is 3.05. The summed E-state index contributed by atoms with van der Waals surface area (Å²) in [5.41, 5.74) is 7.28. The van der Waals surface area contributed by atoms with E-state index in [0.717, 1.165) is 18.4 Å². The van der Waals surface area contributed by atoms with E-state index in [9.17, 15) is 9.59 Å². The average molecular weight is 301 g/mol. The molecule has 2 fully saturated rings. The minimum absolute atomic E-state index is 0.0341. The molecule has 22 heavy (non-hydrogen) atoms. The minimum atomic E-state index is -0.447. The second-order valence-electron chi connectivity index (χ2n) is 6.54. The Morgan fingerprint density at radius 2 is 1.95 bits per heavy atom. The van der Waals surface area contributed by atoms with Crippen LogP contribution in [0.3, 0.4) is 0 Å². The monoisotopic (exact) mass is 301 g/mol. The standard InChI is InChI=1S/C17H23N3O2/c1-10-9-13(5-8-15(10)16(18)21)19-17(22)20(14-6-7-14)11(2)12-3-4-12/h5,8-9,11-12,14H,3-4,6-7H2,1-2H3,(H2,18,21)(H,19,22). The summed E-state index contributed by atoms with van der Waals surface area (Å²) in [6, 6.07) is 5.86. The quantitative estimate of drug-likeness (QED) is 0.877. The number of anilines is 1. The van der Waals surface area contributed by atoms with E-state index >= 15 is 0 Å². The zero-order valence-electron chi connectivity index (χ0n) is 13.1. The number of hydrogen-bond acceptors (Lipinski definition) is 2. The van der Waals surface area contributed by atoms with Crippen LogP contribution in [0.25, 0.3) is 0 Å². The van der Waals surface area contributed by atoms with Gasteiger partial charge in [-0.15, -0.1) is 0 Å². The molecule has 118 valence electrons. The van der Waals surface area contributed by atoms with Crippen LogP contribution in [0.15, 0.2) is 18.2 Å². The Morgan fingerprint density at radius 3 is 2.45 bits per heavy atom. The molecule has 2 aliphatic carbocycles. The number of carbonyl (C=O) groups is 2. The van der Waals surface area contributed by atoms with Crippen molar-refractivity contribution in [3.63, 3.8) is 0 Å². The summed E-state index contributed by atoms with van der Waals surface area (Å²) in [5.74, 6) is 0.211. The molecule has 0 saturated heterocycles. The Morgan fingerprint density at radius 1 is 1.27 bits per heavy atom. The van der Waals surface area contributed by atoms with Crippen LogP contribution in [0.2, 0.25) is 0 Å². The summed E-state index contributed by atoms with van der Waals surface area (Å²) in [5, 5.41) is 2.97. The summed E-state index contributed by atoms with van der Waals surface area (Å²) >= 11 is 0. The minimum Gasteiger partial charge on any atom is -0.366 e. The molecule has 1 unspecified atom stereocenters. The molecule has 5 nitrogen and oxygen atoms in total. The van der Waals surface area contributed by atoms with Gasteiger partial charge in [0, 0.05) is 23.3 Å². The van der Waals surface area contributed by atoms with Crippen molar-refractivity contribution in [1.82, 2.24) is 4.90 Å². The van der Waals surface area contributed by atoms with Gasteiger partial charge in [0.2, 0.25) is 5.91 Å². The first-order chi connectivity index (χ1) is 10.5. The number of carbonyl (C=O) groups excluding carboxylic acids is 2. The summed E-state index contributed by atoms with van der Waals surface area (Å²) < 4.78 is 0. The highest BCUT2D eigenvalue weighted by Gasteiger charge is 2.41. The van der Waals surface area contributed by atoms with Crippen molar-refractivity contribution >= 4 is 17.6 Å². The summed E-state index contributed by atoms with van der Waals surface area (Å²) in [4.78, 5) is 25.9. The number of primary amides is 1. The van der Waals surface area contributed by atoms with Crippen LogP contribution < -0.4 is 11.1 Å². The van der Waals surface area contributed by atoms with Crippen LogP contribution in [-0.4, -0.2) is 28.9 Å². The normalized spacial score (nSPS) is 18.6. The van der Waals surface area contributed by atoms with Gasteiger partial charge in [-0.1, -0.05) is 0 Å². The lowest BCUT2D eigenvalue weighted by atomic mass is 10.1. The first-order valence-electron chi connectivity index (χ1n) is 7.97. The van der Waals surface area contributed by atoms with Gasteiger partial charge < -0.3 is 16.0 Å². The molecule has 1 atom stereocenters. The van der Waals surface area contributed by atoms with E-state index in [1.54, 1.807) is 18.2 Å². The van der Waals surface area contributed by atoms with Crippen molar-refractivity contribution in [2.45, 2.75) is 51.6 Å². The molecule has 2 aliphatic rings. The van der Waals surface area contributed by atoms with Crippen LogP contribution in [0.1, 0.15) is 48.5 Å². The van der Waals surface area contributed by atoms with Gasteiger partial charge in [-0.2, -0.15) is 0 Å². The third-order valence-electron chi connectivity index (χ3n) is 4.66. The Labute approximate surface area is 130 Å². The van der Waals surface area contributed by atoms with Crippen LogP contribution in [0.5, 0.6) is 0 Å². The molecule has 0 heterocycles. The van der Waals surface area contributed by atoms with Gasteiger partial charge in [-0.25, -0.2) is 4.79 Å². The van der Waals surface area contributed by atoms with Gasteiger partial charge in [0.15, 0.2) is 0 Å². The van der Waals surface area contributed by atoms with Gasteiger partial charge in [-0.3, -0.25) is 4.79 Å². The fourth-order valence-corrected chi connectivity index (χ4v) is 3.05. The summed E-state index contributed by atoms with van der Waals surface area (Å²) in [6.07, 6.45) is 4.66. The van der Waals surface area contributed by atoms with Crippen molar-refractivity contribution in [2.24, 2.45) is 11.7 Å². The molecule has 1 aromatic rings. The summed E-state index contributed by atoms with van der Waals surface area (Å²) in [6.45, 7) is 3.97. The van der Waals surface area contributed by atoms with Crippen LogP contribution in [0.4, 0.5) is 10.5 Å². The topological polar surface area (TPSA) is 75.4 Å². The lowest BCUT2D eigenvalue weighted by Crippen LogP contribution is -2.44. The molecule has 0 aliphatic heterocycles. The average Bonchev–Trinajstić information content (AvgIpc) is 3.31. The van der Waals surface area contributed by atoms with Crippen LogP contribution >= 0.6 is 0 Å². The Balaban J connectivity index is 1.72. The lowest BCUT2D eigenvalue weighted by molar-refractivity contribution is 0.0999. The van der Waals surface area contributed by atoms with E-state index in [2.05, 4.69) is 12.2 Å². The number of benzene rings is 1. The highest BCUT2D eigenvalue weighted by Crippen LogP contribution is 2.40. The van der Waals surface area contributed by atoms with Crippen molar-refractivity contribution in [1.29, 1.82) is 0 Å². The Kier molecular flexibility index (Phi) is 3.81. The molecule has 5 heteroatoms. The van der Waals surface area contributed by atoms with Crippen molar-refractivity contribution < 1.29 is 9.59 Å². The SMILES string of the molecule is Cc1cc(NC(=O)N(C2CC2)C(C)C2CC2)ccc1C(N)=O. The number of hydrogen-bond donors (Lipinski definition) is 2. The summed E-state index contributed by atoms with van der Waals surface area (Å²) in [7, 11) is 0. The van der Waals surface area contributed by atoms with E-state index < -0.39 is 5.91 Å². The van der Waals surface area contributed by atoms with Crippen LogP contribution in [0, 0.1) is 12.8 Å². The maximum absolute atomic E-state index is 12.6. The van der Waals surface area contributed by atoms with Gasteiger partial charge >= 0.3 is 6.03 Å². The number of amides is 3. The smallest absolute Gasteiger partial charge is 0.322 e.